The van der Waals surface area contributed by atoms with Crippen molar-refractivity contribution in [2.75, 3.05) is 0 Å². The van der Waals surface area contributed by atoms with E-state index in [0.29, 0.717) is 19.8 Å². The van der Waals surface area contributed by atoms with Crippen molar-refractivity contribution < 1.29 is 9.53 Å². The molecule has 1 aromatic heterocycles. The standard InChI is InChI=1S/C20H19N3O3/c24-19-11-10-18(22-23-19)20(25)21-12-15-6-8-17(9-7-15)14-26-13-16-4-2-1-3-5-16/h1-11H,12-14H2,(H,21,25)(H,23,24). The van der Waals surface area contributed by atoms with E-state index in [0.717, 1.165) is 16.7 Å². The Morgan fingerprint density at radius 2 is 1.54 bits per heavy atom. The van der Waals surface area contributed by atoms with E-state index in [1.165, 1.54) is 12.1 Å². The maximum atomic E-state index is 12.0. The molecule has 0 saturated carbocycles. The summed E-state index contributed by atoms with van der Waals surface area (Å²) in [6, 6.07) is 20.5. The van der Waals surface area contributed by atoms with Crippen molar-refractivity contribution in [1.29, 1.82) is 0 Å². The molecule has 0 unspecified atom stereocenters. The number of aromatic nitrogens is 2. The lowest BCUT2D eigenvalue weighted by Gasteiger charge is -2.07. The lowest BCUT2D eigenvalue weighted by molar-refractivity contribution is 0.0944. The summed E-state index contributed by atoms with van der Waals surface area (Å²) in [5.41, 5.74) is 3.01. The minimum atomic E-state index is -0.341. The Morgan fingerprint density at radius 3 is 2.19 bits per heavy atom. The molecule has 0 radical (unpaired) electrons. The number of H-pyrrole nitrogens is 1. The summed E-state index contributed by atoms with van der Waals surface area (Å²) in [5, 5.41) is 8.70. The Hall–Kier alpha value is -3.25. The van der Waals surface area contributed by atoms with Gasteiger partial charge in [0.15, 0.2) is 0 Å². The molecule has 3 aromatic rings. The largest absolute Gasteiger partial charge is 0.372 e. The first-order chi connectivity index (χ1) is 12.7. The van der Waals surface area contributed by atoms with Gasteiger partial charge in [0.2, 0.25) is 0 Å². The minimum Gasteiger partial charge on any atom is -0.372 e. The second-order valence-electron chi connectivity index (χ2n) is 5.78. The van der Waals surface area contributed by atoms with E-state index in [4.69, 9.17) is 4.74 Å². The molecule has 2 N–H and O–H groups in total. The summed E-state index contributed by atoms with van der Waals surface area (Å²) in [7, 11) is 0. The topological polar surface area (TPSA) is 84.1 Å². The zero-order valence-corrected chi connectivity index (χ0v) is 14.1. The third-order valence-electron chi connectivity index (χ3n) is 3.77. The number of hydrogen-bond acceptors (Lipinski definition) is 4. The van der Waals surface area contributed by atoms with E-state index in [1.54, 1.807) is 0 Å². The average Bonchev–Trinajstić information content (AvgIpc) is 2.68. The van der Waals surface area contributed by atoms with Crippen molar-refractivity contribution in [3.8, 4) is 0 Å². The number of ether oxygens (including phenoxy) is 1. The van der Waals surface area contributed by atoms with Gasteiger partial charge in [0.25, 0.3) is 11.5 Å². The van der Waals surface area contributed by atoms with Crippen LogP contribution >= 0.6 is 0 Å². The fourth-order valence-corrected chi connectivity index (χ4v) is 2.36. The summed E-state index contributed by atoms with van der Waals surface area (Å²) in [6.07, 6.45) is 0. The molecule has 0 bridgehead atoms. The molecule has 6 nitrogen and oxygen atoms in total. The van der Waals surface area contributed by atoms with Gasteiger partial charge in [-0.2, -0.15) is 5.10 Å². The van der Waals surface area contributed by atoms with E-state index >= 15 is 0 Å². The van der Waals surface area contributed by atoms with Gasteiger partial charge in [-0.15, -0.1) is 0 Å². The van der Waals surface area contributed by atoms with Crippen LogP contribution in [0.25, 0.3) is 0 Å². The van der Waals surface area contributed by atoms with Crippen LogP contribution in [0.5, 0.6) is 0 Å². The smallest absolute Gasteiger partial charge is 0.271 e. The van der Waals surface area contributed by atoms with E-state index in [1.807, 2.05) is 54.6 Å². The van der Waals surface area contributed by atoms with Gasteiger partial charge >= 0.3 is 0 Å². The molecule has 26 heavy (non-hydrogen) atoms. The van der Waals surface area contributed by atoms with Crippen LogP contribution in [0.3, 0.4) is 0 Å². The molecule has 132 valence electrons. The molecule has 3 rings (SSSR count). The van der Waals surface area contributed by atoms with Crippen LogP contribution in [0.2, 0.25) is 0 Å². The number of carbonyl (C=O) groups is 1. The van der Waals surface area contributed by atoms with Crippen molar-refractivity contribution in [2.45, 2.75) is 19.8 Å². The first-order valence-electron chi connectivity index (χ1n) is 8.24. The van der Waals surface area contributed by atoms with Gasteiger partial charge < -0.3 is 10.1 Å². The molecule has 1 amide bonds. The molecular formula is C20H19N3O3. The van der Waals surface area contributed by atoms with Crippen LogP contribution in [0.15, 0.2) is 71.5 Å². The van der Waals surface area contributed by atoms with Gasteiger partial charge in [-0.3, -0.25) is 9.59 Å². The minimum absolute atomic E-state index is 0.176. The highest BCUT2D eigenvalue weighted by molar-refractivity contribution is 5.91. The molecule has 0 fully saturated rings. The summed E-state index contributed by atoms with van der Waals surface area (Å²) in [6.45, 7) is 1.48. The number of aromatic amines is 1. The third-order valence-corrected chi connectivity index (χ3v) is 3.77. The Balaban J connectivity index is 1.46. The number of nitrogens with zero attached hydrogens (tertiary/aromatic N) is 1. The maximum Gasteiger partial charge on any atom is 0.271 e. The van der Waals surface area contributed by atoms with E-state index in [9.17, 15) is 9.59 Å². The van der Waals surface area contributed by atoms with Gasteiger partial charge in [0, 0.05) is 12.6 Å². The molecule has 0 aliphatic carbocycles. The molecule has 2 aromatic carbocycles. The van der Waals surface area contributed by atoms with Gasteiger partial charge in [0.05, 0.1) is 13.2 Å². The average molecular weight is 349 g/mol. The molecule has 0 saturated heterocycles. The lowest BCUT2D eigenvalue weighted by atomic mass is 10.1. The number of carbonyl (C=O) groups excluding carboxylic acids is 1. The normalized spacial score (nSPS) is 10.5. The molecule has 0 aliphatic heterocycles. The van der Waals surface area contributed by atoms with E-state index in [2.05, 4.69) is 15.5 Å². The second-order valence-corrected chi connectivity index (χ2v) is 5.78. The van der Waals surface area contributed by atoms with Gasteiger partial charge in [0.1, 0.15) is 5.69 Å². The zero-order valence-electron chi connectivity index (χ0n) is 14.1. The molecule has 0 atom stereocenters. The van der Waals surface area contributed by atoms with E-state index in [-0.39, 0.29) is 17.2 Å². The van der Waals surface area contributed by atoms with Crippen LogP contribution in [0.1, 0.15) is 27.2 Å². The first kappa shape index (κ1) is 17.6. The molecule has 0 spiro atoms. The highest BCUT2D eigenvalue weighted by Gasteiger charge is 2.06. The van der Waals surface area contributed by atoms with Gasteiger partial charge in [-0.1, -0.05) is 54.6 Å². The SMILES string of the molecule is O=C(NCc1ccc(COCc2ccccc2)cc1)c1ccc(=O)[nH]n1. The Morgan fingerprint density at radius 1 is 0.885 bits per heavy atom. The van der Waals surface area contributed by atoms with Crippen molar-refractivity contribution in [2.24, 2.45) is 0 Å². The summed E-state index contributed by atoms with van der Waals surface area (Å²) in [5.74, 6) is -0.337. The quantitative estimate of drug-likeness (QED) is 0.686. The number of nitrogens with one attached hydrogen (secondary N) is 2. The third kappa shape index (κ3) is 5.12. The van der Waals surface area contributed by atoms with Crippen LogP contribution in [-0.2, 0) is 24.5 Å². The molecule has 6 heteroatoms. The second kappa shape index (κ2) is 8.73. The predicted molar refractivity (Wildman–Crippen MR) is 97.4 cm³/mol. The van der Waals surface area contributed by atoms with Gasteiger partial charge in [-0.05, 0) is 22.8 Å². The van der Waals surface area contributed by atoms with E-state index < -0.39 is 0 Å². The highest BCUT2D eigenvalue weighted by atomic mass is 16.5. The summed E-state index contributed by atoms with van der Waals surface area (Å²) < 4.78 is 5.70. The first-order valence-corrected chi connectivity index (χ1v) is 8.24. The van der Waals surface area contributed by atoms with Gasteiger partial charge in [-0.25, -0.2) is 5.10 Å². The number of benzene rings is 2. The van der Waals surface area contributed by atoms with Crippen molar-refractivity contribution >= 4 is 5.91 Å². The van der Waals surface area contributed by atoms with Crippen LogP contribution in [0.4, 0.5) is 0 Å². The molecule has 0 aliphatic rings. The van der Waals surface area contributed by atoms with Crippen LogP contribution < -0.4 is 10.9 Å². The molecular weight excluding hydrogens is 330 g/mol. The maximum absolute atomic E-state index is 12.0. The lowest BCUT2D eigenvalue weighted by Crippen LogP contribution is -2.25. The highest BCUT2D eigenvalue weighted by Crippen LogP contribution is 2.08. The number of hydrogen-bond donors (Lipinski definition) is 2. The number of amides is 1. The Bertz CT molecular complexity index is 885. The predicted octanol–water partition coefficient (Wildman–Crippen LogP) is 2.42. The van der Waals surface area contributed by atoms with Crippen LogP contribution in [-0.4, -0.2) is 16.1 Å². The van der Waals surface area contributed by atoms with Crippen molar-refractivity contribution in [3.63, 3.8) is 0 Å². The fraction of sp³-hybridized carbons (Fsp3) is 0.150. The monoisotopic (exact) mass is 349 g/mol. The van der Waals surface area contributed by atoms with Crippen molar-refractivity contribution in [1.82, 2.24) is 15.5 Å². The zero-order chi connectivity index (χ0) is 18.2. The molecule has 1 heterocycles. The summed E-state index contributed by atoms with van der Waals surface area (Å²) in [4.78, 5) is 22.9. The summed E-state index contributed by atoms with van der Waals surface area (Å²) >= 11 is 0. The Labute approximate surface area is 150 Å². The fourth-order valence-electron chi connectivity index (χ4n) is 2.36. The Kier molecular flexibility index (Phi) is 5.90. The number of rotatable bonds is 7. The van der Waals surface area contributed by atoms with Crippen molar-refractivity contribution in [3.05, 3.63) is 99.5 Å². The van der Waals surface area contributed by atoms with Crippen LogP contribution in [0, 0.1) is 0 Å².